The molecule has 0 aliphatic heterocycles. The lowest BCUT2D eigenvalue weighted by Crippen LogP contribution is -1.93. The normalized spacial score (nSPS) is 11.0. The molecule has 0 radical (unpaired) electrons. The minimum atomic E-state index is -0.102. The second kappa shape index (κ2) is 6.54. The molecule has 108 valence electrons. The van der Waals surface area contributed by atoms with Gasteiger partial charge < -0.3 is 4.42 Å². The molecule has 0 saturated heterocycles. The third-order valence-electron chi connectivity index (χ3n) is 3.10. The van der Waals surface area contributed by atoms with Crippen molar-refractivity contribution in [2.24, 2.45) is 0 Å². The molecular weight excluding hydrogens is 342 g/mol. The first-order valence-corrected chi connectivity index (χ1v) is 7.50. The molecule has 0 atom stereocenters. The third kappa shape index (κ3) is 3.40. The van der Waals surface area contributed by atoms with Gasteiger partial charge in [-0.3, -0.25) is 9.78 Å². The average Bonchev–Trinajstić information content (AvgIpc) is 3.03. The van der Waals surface area contributed by atoms with Gasteiger partial charge in [0.05, 0.1) is 0 Å². The summed E-state index contributed by atoms with van der Waals surface area (Å²) in [6, 6.07) is 15.0. The molecule has 0 fully saturated rings. The summed E-state index contributed by atoms with van der Waals surface area (Å²) in [4.78, 5) is 15.9. The monoisotopic (exact) mass is 353 g/mol. The van der Waals surface area contributed by atoms with Gasteiger partial charge in [0.1, 0.15) is 11.5 Å². The molecule has 3 aromatic rings. The van der Waals surface area contributed by atoms with E-state index in [0.717, 1.165) is 15.8 Å². The number of hydrogen-bond acceptors (Lipinski definition) is 3. The Kier molecular flexibility index (Phi) is 4.30. The molecular formula is C18H12BrNO2. The number of hydrogen-bond donors (Lipinski definition) is 0. The Labute approximate surface area is 136 Å². The average molecular weight is 354 g/mol. The van der Waals surface area contributed by atoms with Crippen molar-refractivity contribution in [3.05, 3.63) is 82.8 Å². The number of nitrogens with zero attached hydrogens (tertiary/aromatic N) is 1. The van der Waals surface area contributed by atoms with Gasteiger partial charge in [0.25, 0.3) is 0 Å². The summed E-state index contributed by atoms with van der Waals surface area (Å²) in [5.41, 5.74) is 1.54. The molecule has 0 saturated carbocycles. The smallest absolute Gasteiger partial charge is 0.187 e. The number of carbonyl (C=O) groups excluding carboxylic acids is 1. The van der Waals surface area contributed by atoms with Gasteiger partial charge in [0, 0.05) is 28.0 Å². The van der Waals surface area contributed by atoms with Crippen molar-refractivity contribution in [2.45, 2.75) is 0 Å². The van der Waals surface area contributed by atoms with Crippen molar-refractivity contribution < 1.29 is 9.21 Å². The van der Waals surface area contributed by atoms with Crippen LogP contribution in [0, 0.1) is 0 Å². The highest BCUT2D eigenvalue weighted by molar-refractivity contribution is 9.10. The summed E-state index contributed by atoms with van der Waals surface area (Å²) in [5, 5.41) is 0. The Hall–Kier alpha value is -2.46. The number of pyridine rings is 1. The Morgan fingerprint density at radius 1 is 1.09 bits per heavy atom. The van der Waals surface area contributed by atoms with Crippen molar-refractivity contribution in [3.63, 3.8) is 0 Å². The van der Waals surface area contributed by atoms with Crippen LogP contribution in [-0.4, -0.2) is 10.8 Å². The molecule has 3 rings (SSSR count). The summed E-state index contributed by atoms with van der Waals surface area (Å²) < 4.78 is 6.74. The molecule has 0 unspecified atom stereocenters. The molecule has 0 bridgehead atoms. The number of aromatic nitrogens is 1. The summed E-state index contributed by atoms with van der Waals surface area (Å²) in [6.45, 7) is 0. The van der Waals surface area contributed by atoms with Crippen LogP contribution >= 0.6 is 15.9 Å². The summed E-state index contributed by atoms with van der Waals surface area (Å²) in [6.07, 6.45) is 6.33. The van der Waals surface area contributed by atoms with Crippen molar-refractivity contribution in [1.82, 2.24) is 4.98 Å². The molecule has 1 aromatic carbocycles. The van der Waals surface area contributed by atoms with Crippen LogP contribution in [0.5, 0.6) is 0 Å². The van der Waals surface area contributed by atoms with Gasteiger partial charge >= 0.3 is 0 Å². The Morgan fingerprint density at radius 2 is 1.91 bits per heavy atom. The Balaban J connectivity index is 1.75. The van der Waals surface area contributed by atoms with Crippen molar-refractivity contribution in [1.29, 1.82) is 0 Å². The SMILES string of the molecule is O=C(C=Cc1ccc(-c2ccc(Br)cc2)o1)c1cccnc1. The van der Waals surface area contributed by atoms with E-state index in [4.69, 9.17) is 4.42 Å². The maximum absolute atomic E-state index is 12.0. The minimum absolute atomic E-state index is 0.102. The van der Waals surface area contributed by atoms with Gasteiger partial charge in [-0.05, 0) is 48.6 Å². The zero-order valence-electron chi connectivity index (χ0n) is 11.6. The number of rotatable bonds is 4. The topological polar surface area (TPSA) is 43.1 Å². The van der Waals surface area contributed by atoms with Crippen LogP contribution in [0.25, 0.3) is 17.4 Å². The van der Waals surface area contributed by atoms with E-state index in [1.807, 2.05) is 36.4 Å². The number of furan rings is 1. The fraction of sp³-hybridized carbons (Fsp3) is 0. The number of carbonyl (C=O) groups is 1. The van der Waals surface area contributed by atoms with Crippen molar-refractivity contribution >= 4 is 27.8 Å². The zero-order valence-corrected chi connectivity index (χ0v) is 13.2. The van der Waals surface area contributed by atoms with E-state index in [1.54, 1.807) is 30.6 Å². The molecule has 0 aliphatic rings. The first kappa shape index (κ1) is 14.5. The largest absolute Gasteiger partial charge is 0.457 e. The van der Waals surface area contributed by atoms with Crippen LogP contribution in [0.2, 0.25) is 0 Å². The van der Waals surface area contributed by atoms with E-state index >= 15 is 0 Å². The van der Waals surface area contributed by atoms with E-state index in [-0.39, 0.29) is 5.78 Å². The first-order valence-electron chi connectivity index (χ1n) is 6.70. The zero-order chi connectivity index (χ0) is 15.4. The van der Waals surface area contributed by atoms with Crippen LogP contribution in [0.3, 0.4) is 0 Å². The van der Waals surface area contributed by atoms with Gasteiger partial charge in [-0.25, -0.2) is 0 Å². The van der Waals surface area contributed by atoms with Crippen LogP contribution in [-0.2, 0) is 0 Å². The number of benzene rings is 1. The van der Waals surface area contributed by atoms with E-state index in [1.165, 1.54) is 6.08 Å². The summed E-state index contributed by atoms with van der Waals surface area (Å²) in [5.74, 6) is 1.30. The maximum atomic E-state index is 12.0. The fourth-order valence-electron chi connectivity index (χ4n) is 1.97. The fourth-order valence-corrected chi connectivity index (χ4v) is 2.24. The molecule has 0 spiro atoms. The molecule has 0 aliphatic carbocycles. The predicted molar refractivity (Wildman–Crippen MR) is 89.4 cm³/mol. The van der Waals surface area contributed by atoms with Crippen LogP contribution in [0.4, 0.5) is 0 Å². The first-order chi connectivity index (χ1) is 10.7. The van der Waals surface area contributed by atoms with Gasteiger partial charge in [-0.1, -0.05) is 28.1 Å². The lowest BCUT2D eigenvalue weighted by molar-refractivity contribution is 0.104. The highest BCUT2D eigenvalue weighted by Gasteiger charge is 2.04. The second-order valence-corrected chi connectivity index (χ2v) is 5.56. The molecule has 22 heavy (non-hydrogen) atoms. The predicted octanol–water partition coefficient (Wildman–Crippen LogP) is 5.00. The molecule has 2 aromatic heterocycles. The van der Waals surface area contributed by atoms with Gasteiger partial charge in [0.2, 0.25) is 0 Å². The Bertz CT molecular complexity index is 805. The van der Waals surface area contributed by atoms with E-state index in [9.17, 15) is 4.79 Å². The van der Waals surface area contributed by atoms with Crippen molar-refractivity contribution in [3.8, 4) is 11.3 Å². The molecule has 2 heterocycles. The quantitative estimate of drug-likeness (QED) is 0.489. The molecule has 3 nitrogen and oxygen atoms in total. The highest BCUT2D eigenvalue weighted by Crippen LogP contribution is 2.24. The van der Waals surface area contributed by atoms with E-state index in [0.29, 0.717) is 11.3 Å². The number of allylic oxidation sites excluding steroid dienone is 1. The van der Waals surface area contributed by atoms with E-state index < -0.39 is 0 Å². The molecule has 0 N–H and O–H groups in total. The van der Waals surface area contributed by atoms with Crippen molar-refractivity contribution in [2.75, 3.05) is 0 Å². The lowest BCUT2D eigenvalue weighted by atomic mass is 10.2. The third-order valence-corrected chi connectivity index (χ3v) is 3.63. The summed E-state index contributed by atoms with van der Waals surface area (Å²) >= 11 is 3.40. The lowest BCUT2D eigenvalue weighted by Gasteiger charge is -1.96. The number of ketones is 1. The van der Waals surface area contributed by atoms with Crippen LogP contribution < -0.4 is 0 Å². The van der Waals surface area contributed by atoms with Crippen LogP contribution in [0.15, 0.2) is 75.9 Å². The van der Waals surface area contributed by atoms with Gasteiger partial charge in [-0.2, -0.15) is 0 Å². The maximum Gasteiger partial charge on any atom is 0.187 e. The minimum Gasteiger partial charge on any atom is -0.457 e. The van der Waals surface area contributed by atoms with E-state index in [2.05, 4.69) is 20.9 Å². The highest BCUT2D eigenvalue weighted by atomic mass is 79.9. The molecule has 0 amide bonds. The standard InChI is InChI=1S/C18H12BrNO2/c19-15-5-3-13(4-6-15)18-10-8-16(22-18)7-9-17(21)14-2-1-11-20-12-14/h1-12H. The second-order valence-electron chi connectivity index (χ2n) is 4.65. The summed E-state index contributed by atoms with van der Waals surface area (Å²) in [7, 11) is 0. The number of halogens is 1. The Morgan fingerprint density at radius 3 is 2.64 bits per heavy atom. The molecule has 4 heteroatoms. The van der Waals surface area contributed by atoms with Gasteiger partial charge in [0.15, 0.2) is 5.78 Å². The van der Waals surface area contributed by atoms with Crippen LogP contribution in [0.1, 0.15) is 16.1 Å². The van der Waals surface area contributed by atoms with Gasteiger partial charge in [-0.15, -0.1) is 0 Å².